The highest BCUT2D eigenvalue weighted by atomic mass is 16.5. The van der Waals surface area contributed by atoms with Gasteiger partial charge >= 0.3 is 0 Å². The van der Waals surface area contributed by atoms with E-state index in [9.17, 15) is 9.90 Å². The van der Waals surface area contributed by atoms with Crippen LogP contribution in [0.15, 0.2) is 52.2 Å². The Hall–Kier alpha value is -3.28. The predicted octanol–water partition coefficient (Wildman–Crippen LogP) is 3.22. The number of nitrogens with zero attached hydrogens (tertiary/aromatic N) is 1. The van der Waals surface area contributed by atoms with Crippen LogP contribution in [0.1, 0.15) is 21.5 Å². The zero-order chi connectivity index (χ0) is 17.1. The number of carbonyl (C=O) groups is 1. The maximum absolute atomic E-state index is 12.2. The second-order valence-corrected chi connectivity index (χ2v) is 5.23. The average Bonchev–Trinajstić information content (AvgIpc) is 2.97. The lowest BCUT2D eigenvalue weighted by Gasteiger charge is -2.04. The molecular formula is C18H16N2O4. The van der Waals surface area contributed by atoms with E-state index in [-0.39, 0.29) is 11.3 Å². The van der Waals surface area contributed by atoms with Crippen molar-refractivity contribution in [2.24, 2.45) is 5.10 Å². The number of hydrazone groups is 1. The minimum atomic E-state index is -0.500. The first-order chi connectivity index (χ1) is 11.6. The van der Waals surface area contributed by atoms with Crippen LogP contribution < -0.4 is 10.2 Å². The van der Waals surface area contributed by atoms with Crippen molar-refractivity contribution in [3.8, 4) is 11.5 Å². The van der Waals surface area contributed by atoms with Crippen molar-refractivity contribution in [2.75, 3.05) is 7.11 Å². The van der Waals surface area contributed by atoms with E-state index < -0.39 is 5.91 Å². The topological polar surface area (TPSA) is 84.1 Å². The van der Waals surface area contributed by atoms with Crippen molar-refractivity contribution in [2.45, 2.75) is 6.92 Å². The molecule has 1 aromatic heterocycles. The monoisotopic (exact) mass is 324 g/mol. The van der Waals surface area contributed by atoms with E-state index in [1.54, 1.807) is 32.2 Å². The summed E-state index contributed by atoms with van der Waals surface area (Å²) in [6, 6.07) is 10.4. The minimum absolute atomic E-state index is 0.115. The van der Waals surface area contributed by atoms with Crippen LogP contribution in [0.25, 0.3) is 11.0 Å². The fourth-order valence-electron chi connectivity index (χ4n) is 2.36. The molecule has 0 saturated carbocycles. The first-order valence-electron chi connectivity index (χ1n) is 7.27. The molecular weight excluding hydrogens is 308 g/mol. The van der Waals surface area contributed by atoms with Gasteiger partial charge in [-0.1, -0.05) is 0 Å². The second-order valence-electron chi connectivity index (χ2n) is 5.23. The lowest BCUT2D eigenvalue weighted by Crippen LogP contribution is -2.17. The third-order valence-electron chi connectivity index (χ3n) is 3.64. The number of hydrogen-bond acceptors (Lipinski definition) is 5. The van der Waals surface area contributed by atoms with Gasteiger partial charge in [0.25, 0.3) is 5.91 Å². The molecule has 0 atom stereocenters. The van der Waals surface area contributed by atoms with Gasteiger partial charge < -0.3 is 14.3 Å². The van der Waals surface area contributed by atoms with Crippen LogP contribution in [0.5, 0.6) is 11.5 Å². The molecule has 0 aliphatic heterocycles. The molecule has 122 valence electrons. The molecule has 24 heavy (non-hydrogen) atoms. The molecule has 3 rings (SSSR count). The highest BCUT2D eigenvalue weighted by molar-refractivity contribution is 6.03. The van der Waals surface area contributed by atoms with Crippen molar-refractivity contribution < 1.29 is 19.1 Å². The summed E-state index contributed by atoms with van der Waals surface area (Å²) in [6.07, 6.45) is 3.05. The highest BCUT2D eigenvalue weighted by Crippen LogP contribution is 2.32. The molecule has 0 fully saturated rings. The molecule has 2 N–H and O–H groups in total. The molecule has 6 heteroatoms. The summed E-state index contributed by atoms with van der Waals surface area (Å²) in [5.41, 5.74) is 4.64. The Balaban J connectivity index is 1.76. The van der Waals surface area contributed by atoms with E-state index >= 15 is 0 Å². The van der Waals surface area contributed by atoms with Gasteiger partial charge in [-0.25, -0.2) is 5.43 Å². The van der Waals surface area contributed by atoms with Gasteiger partial charge in [0.1, 0.15) is 17.1 Å². The number of benzene rings is 2. The number of fused-ring (bicyclic) bond motifs is 1. The summed E-state index contributed by atoms with van der Waals surface area (Å²) < 4.78 is 10.4. The fourth-order valence-corrected chi connectivity index (χ4v) is 2.36. The predicted molar refractivity (Wildman–Crippen MR) is 90.7 cm³/mol. The largest absolute Gasteiger partial charge is 0.506 e. The van der Waals surface area contributed by atoms with Crippen molar-refractivity contribution >= 4 is 23.1 Å². The summed E-state index contributed by atoms with van der Waals surface area (Å²) in [5, 5.41) is 14.7. The maximum Gasteiger partial charge on any atom is 0.275 e. The average molecular weight is 324 g/mol. The van der Waals surface area contributed by atoms with Crippen molar-refractivity contribution in [1.29, 1.82) is 0 Å². The molecule has 3 aromatic rings. The Morgan fingerprint density at radius 3 is 2.71 bits per heavy atom. The van der Waals surface area contributed by atoms with Crippen LogP contribution in [-0.2, 0) is 0 Å². The number of methoxy groups -OCH3 is 1. The number of nitrogens with one attached hydrogen (secondary N) is 1. The quantitative estimate of drug-likeness (QED) is 0.570. The number of phenolic OH excluding ortho intramolecular Hbond substituents is 1. The normalized spacial score (nSPS) is 11.1. The molecule has 0 unspecified atom stereocenters. The lowest BCUT2D eigenvalue weighted by molar-refractivity contribution is 0.0952. The van der Waals surface area contributed by atoms with E-state index in [4.69, 9.17) is 9.15 Å². The van der Waals surface area contributed by atoms with Gasteiger partial charge in [-0.2, -0.15) is 5.10 Å². The van der Waals surface area contributed by atoms with Gasteiger partial charge in [0.2, 0.25) is 0 Å². The number of carbonyl (C=O) groups excluding carboxylic acids is 1. The molecule has 0 aliphatic carbocycles. The van der Waals surface area contributed by atoms with Gasteiger partial charge in [0, 0.05) is 0 Å². The van der Waals surface area contributed by atoms with Crippen LogP contribution in [0.2, 0.25) is 0 Å². The number of aryl methyl sites for hydroxylation is 1. The van der Waals surface area contributed by atoms with Gasteiger partial charge in [-0.05, 0) is 54.4 Å². The summed E-state index contributed by atoms with van der Waals surface area (Å²) in [5.74, 6) is 0.126. The Morgan fingerprint density at radius 1 is 1.25 bits per heavy atom. The molecule has 0 spiro atoms. The molecule has 0 aliphatic rings. The van der Waals surface area contributed by atoms with E-state index in [0.717, 1.165) is 16.9 Å². The minimum Gasteiger partial charge on any atom is -0.506 e. The zero-order valence-corrected chi connectivity index (χ0v) is 13.2. The fraction of sp³-hybridized carbons (Fsp3) is 0.111. The van der Waals surface area contributed by atoms with Crippen LogP contribution >= 0.6 is 0 Å². The third-order valence-corrected chi connectivity index (χ3v) is 3.64. The van der Waals surface area contributed by atoms with E-state index in [1.807, 2.05) is 12.1 Å². The van der Waals surface area contributed by atoms with Crippen molar-refractivity contribution in [1.82, 2.24) is 5.43 Å². The Kier molecular flexibility index (Phi) is 4.20. The molecule has 0 bridgehead atoms. The first-order valence-corrected chi connectivity index (χ1v) is 7.27. The highest BCUT2D eigenvalue weighted by Gasteiger charge is 2.16. The number of aromatic hydroxyl groups is 1. The lowest BCUT2D eigenvalue weighted by atomic mass is 10.1. The molecule has 0 saturated heterocycles. The molecule has 0 radical (unpaired) electrons. The Labute approximate surface area is 138 Å². The van der Waals surface area contributed by atoms with Crippen LogP contribution in [0, 0.1) is 6.92 Å². The smallest absolute Gasteiger partial charge is 0.275 e. The zero-order valence-electron chi connectivity index (χ0n) is 13.2. The summed E-state index contributed by atoms with van der Waals surface area (Å²) in [6.45, 7) is 1.80. The van der Waals surface area contributed by atoms with Crippen LogP contribution in [0.4, 0.5) is 0 Å². The first kappa shape index (κ1) is 15.6. The number of phenols is 1. The third kappa shape index (κ3) is 2.94. The maximum atomic E-state index is 12.2. The second kappa shape index (κ2) is 6.45. The van der Waals surface area contributed by atoms with Crippen molar-refractivity contribution in [3.63, 3.8) is 0 Å². The molecule has 2 aromatic carbocycles. The van der Waals surface area contributed by atoms with Gasteiger partial charge in [-0.3, -0.25) is 4.79 Å². The van der Waals surface area contributed by atoms with Gasteiger partial charge in [0.15, 0.2) is 0 Å². The molecule has 6 nitrogen and oxygen atoms in total. The van der Waals surface area contributed by atoms with Crippen LogP contribution in [-0.4, -0.2) is 24.3 Å². The van der Waals surface area contributed by atoms with Crippen LogP contribution in [0.3, 0.4) is 0 Å². The van der Waals surface area contributed by atoms with E-state index in [2.05, 4.69) is 10.5 Å². The molecule has 1 amide bonds. The van der Waals surface area contributed by atoms with Crippen molar-refractivity contribution in [3.05, 3.63) is 59.4 Å². The number of amides is 1. The van der Waals surface area contributed by atoms with Gasteiger partial charge in [-0.15, -0.1) is 0 Å². The van der Waals surface area contributed by atoms with E-state index in [0.29, 0.717) is 11.0 Å². The number of ether oxygens (including phenoxy) is 1. The SMILES string of the molecule is COc1ccc(/C=N/NC(=O)c2ccc3occ(C)c3c2O)cc1. The van der Waals surface area contributed by atoms with E-state index in [1.165, 1.54) is 18.5 Å². The van der Waals surface area contributed by atoms with Gasteiger partial charge in [0.05, 0.1) is 30.5 Å². The summed E-state index contributed by atoms with van der Waals surface area (Å²) >= 11 is 0. The summed E-state index contributed by atoms with van der Waals surface area (Å²) in [7, 11) is 1.59. The number of rotatable bonds is 4. The summed E-state index contributed by atoms with van der Waals surface area (Å²) in [4.78, 5) is 12.2. The number of furan rings is 1. The Bertz CT molecular complexity index is 911. The number of hydrogen-bond donors (Lipinski definition) is 2. The standard InChI is InChI=1S/C18H16N2O4/c1-11-10-24-15-8-7-14(17(21)16(11)15)18(22)20-19-9-12-3-5-13(23-2)6-4-12/h3-10,21H,1-2H3,(H,20,22)/b19-9+. The molecule has 1 heterocycles. The Morgan fingerprint density at radius 2 is 2.00 bits per heavy atom.